The van der Waals surface area contributed by atoms with Gasteiger partial charge in [0.05, 0.1) is 16.7 Å². The van der Waals surface area contributed by atoms with Crippen LogP contribution in [-0.4, -0.2) is 9.55 Å². The van der Waals surface area contributed by atoms with Gasteiger partial charge in [-0.3, -0.25) is 0 Å². The van der Waals surface area contributed by atoms with Crippen molar-refractivity contribution in [3.63, 3.8) is 0 Å². The Kier molecular flexibility index (Phi) is 8.13. The molecule has 0 saturated heterocycles. The molecule has 0 spiro atoms. The number of anilines is 3. The van der Waals surface area contributed by atoms with Crippen LogP contribution in [0.2, 0.25) is 0 Å². The molecule has 0 atom stereocenters. The number of hydrogen-bond acceptors (Lipinski definition) is 3. The number of aromatic nitrogens is 2. The predicted octanol–water partition coefficient (Wildman–Crippen LogP) is 15.7. The maximum Gasteiger partial charge on any atom is 0.227 e. The third-order valence-corrected chi connectivity index (χ3v) is 12.0. The number of nitrogens with zero attached hydrogens (tertiary/aromatic N) is 3. The normalized spacial score (nSPS) is 11.6. The first-order valence-electron chi connectivity index (χ1n) is 20.7. The molecule has 61 heavy (non-hydrogen) atoms. The standard InChI is InChI=1S/C57H37N3O/c1-4-14-39(15-5-1)46-20-10-12-22-53(46)59(45-31-33-49-48-21-11-13-23-54(48)60(55(49)37-45)43-18-8-3-9-19-43)44-29-26-38(27-30-44)42-25-24-40-28-32-50-47(51(40)36-42)34-35-52-56(50)61-57(58-52)41-16-6-2-7-17-41/h1-37H. The number of fused-ring (bicyclic) bond motifs is 8. The zero-order valence-corrected chi connectivity index (χ0v) is 33.1. The van der Waals surface area contributed by atoms with Crippen molar-refractivity contribution in [2.24, 2.45) is 0 Å². The zero-order chi connectivity index (χ0) is 40.3. The summed E-state index contributed by atoms with van der Waals surface area (Å²) in [7, 11) is 0. The fourth-order valence-electron chi connectivity index (χ4n) is 9.12. The van der Waals surface area contributed by atoms with Crippen molar-refractivity contribution < 1.29 is 4.42 Å². The lowest BCUT2D eigenvalue weighted by Crippen LogP contribution is -2.11. The lowest BCUT2D eigenvalue weighted by molar-refractivity contribution is 0.623. The minimum atomic E-state index is 0.635. The second-order valence-corrected chi connectivity index (χ2v) is 15.6. The molecule has 2 heterocycles. The Labute approximate surface area is 352 Å². The van der Waals surface area contributed by atoms with Crippen LogP contribution in [0.3, 0.4) is 0 Å². The van der Waals surface area contributed by atoms with Gasteiger partial charge in [0.1, 0.15) is 5.52 Å². The van der Waals surface area contributed by atoms with Crippen LogP contribution in [-0.2, 0) is 0 Å². The topological polar surface area (TPSA) is 34.2 Å². The van der Waals surface area contributed by atoms with Crippen molar-refractivity contribution in [2.75, 3.05) is 4.90 Å². The van der Waals surface area contributed by atoms with Crippen LogP contribution in [0.4, 0.5) is 17.1 Å². The molecule has 0 aliphatic rings. The highest BCUT2D eigenvalue weighted by molar-refractivity contribution is 6.16. The second kappa shape index (κ2) is 14.3. The molecule has 0 saturated carbocycles. The van der Waals surface area contributed by atoms with Crippen molar-refractivity contribution in [3.05, 3.63) is 224 Å². The van der Waals surface area contributed by atoms with Crippen LogP contribution < -0.4 is 4.90 Å². The van der Waals surface area contributed by atoms with Gasteiger partial charge in [-0.1, -0.05) is 146 Å². The number of rotatable bonds is 7. The Morgan fingerprint density at radius 2 is 1.02 bits per heavy atom. The van der Waals surface area contributed by atoms with E-state index < -0.39 is 0 Å². The van der Waals surface area contributed by atoms with Crippen LogP contribution in [0.15, 0.2) is 229 Å². The van der Waals surface area contributed by atoms with Gasteiger partial charge >= 0.3 is 0 Å². The molecule has 0 fully saturated rings. The van der Waals surface area contributed by atoms with E-state index in [1.807, 2.05) is 30.3 Å². The average Bonchev–Trinajstić information content (AvgIpc) is 3.93. The fraction of sp³-hybridized carbons (Fsp3) is 0. The highest BCUT2D eigenvalue weighted by Crippen LogP contribution is 2.44. The van der Waals surface area contributed by atoms with Gasteiger partial charge in [-0.15, -0.1) is 0 Å². The SMILES string of the molecule is c1ccc(-c2nc3ccc4c5cc(-c6ccc(N(c7ccc8c9ccccc9n(-c9ccccc9)c8c7)c7ccccc7-c7ccccc7)cc6)ccc5ccc4c3o2)cc1. The van der Waals surface area contributed by atoms with E-state index in [0.717, 1.165) is 72.4 Å². The molecule has 12 aromatic rings. The summed E-state index contributed by atoms with van der Waals surface area (Å²) in [5, 5.41) is 7.02. The Balaban J connectivity index is 0.996. The largest absolute Gasteiger partial charge is 0.435 e. The third-order valence-electron chi connectivity index (χ3n) is 12.0. The molecule has 0 radical (unpaired) electrons. The first kappa shape index (κ1) is 34.8. The van der Waals surface area contributed by atoms with Crippen molar-refractivity contribution in [3.8, 4) is 39.4 Å². The Morgan fingerprint density at radius 3 is 1.84 bits per heavy atom. The van der Waals surface area contributed by atoms with E-state index in [1.54, 1.807) is 0 Å². The summed E-state index contributed by atoms with van der Waals surface area (Å²) < 4.78 is 8.81. The zero-order valence-electron chi connectivity index (χ0n) is 33.1. The Bertz CT molecular complexity index is 3570. The number of oxazole rings is 1. The summed E-state index contributed by atoms with van der Waals surface area (Å²) in [4.78, 5) is 7.24. The molecule has 0 amide bonds. The smallest absolute Gasteiger partial charge is 0.227 e. The fourth-order valence-corrected chi connectivity index (χ4v) is 9.12. The summed E-state index contributed by atoms with van der Waals surface area (Å²) in [6.07, 6.45) is 0. The van der Waals surface area contributed by atoms with Crippen LogP contribution in [0.1, 0.15) is 0 Å². The molecule has 10 aromatic carbocycles. The van der Waals surface area contributed by atoms with Gasteiger partial charge < -0.3 is 13.9 Å². The van der Waals surface area contributed by atoms with Gasteiger partial charge in [-0.05, 0) is 112 Å². The Hall–Kier alpha value is -8.21. The summed E-state index contributed by atoms with van der Waals surface area (Å²) >= 11 is 0. The molecule has 0 unspecified atom stereocenters. The van der Waals surface area contributed by atoms with E-state index in [4.69, 9.17) is 9.40 Å². The van der Waals surface area contributed by atoms with E-state index in [9.17, 15) is 0 Å². The quantitative estimate of drug-likeness (QED) is 0.151. The van der Waals surface area contributed by atoms with Crippen molar-refractivity contribution in [2.45, 2.75) is 0 Å². The summed E-state index contributed by atoms with van der Waals surface area (Å²) in [5.41, 5.74) is 14.0. The summed E-state index contributed by atoms with van der Waals surface area (Å²) in [6.45, 7) is 0. The molecule has 0 aliphatic carbocycles. The van der Waals surface area contributed by atoms with Gasteiger partial charge in [0.2, 0.25) is 5.89 Å². The predicted molar refractivity (Wildman–Crippen MR) is 254 cm³/mol. The van der Waals surface area contributed by atoms with E-state index in [2.05, 4.69) is 204 Å². The number of benzene rings is 10. The molecule has 12 rings (SSSR count). The van der Waals surface area contributed by atoms with Crippen LogP contribution in [0.5, 0.6) is 0 Å². The Morgan fingerprint density at radius 1 is 0.393 bits per heavy atom. The first-order valence-corrected chi connectivity index (χ1v) is 20.7. The van der Waals surface area contributed by atoms with Crippen molar-refractivity contribution >= 4 is 71.5 Å². The van der Waals surface area contributed by atoms with E-state index >= 15 is 0 Å². The third kappa shape index (κ3) is 5.88. The maximum atomic E-state index is 6.43. The molecule has 2 aromatic heterocycles. The molecule has 0 aliphatic heterocycles. The summed E-state index contributed by atoms with van der Waals surface area (Å²) in [5.74, 6) is 0.635. The first-order chi connectivity index (χ1) is 30.2. The van der Waals surface area contributed by atoms with Gasteiger partial charge in [0, 0.05) is 44.3 Å². The van der Waals surface area contributed by atoms with Crippen molar-refractivity contribution in [1.29, 1.82) is 0 Å². The molecule has 4 heteroatoms. The van der Waals surface area contributed by atoms with Crippen LogP contribution >= 0.6 is 0 Å². The molecular weight excluding hydrogens is 743 g/mol. The summed E-state index contributed by atoms with van der Waals surface area (Å²) in [6, 6.07) is 80.1. The van der Waals surface area contributed by atoms with Gasteiger partial charge in [-0.2, -0.15) is 0 Å². The van der Waals surface area contributed by atoms with Crippen molar-refractivity contribution in [1.82, 2.24) is 9.55 Å². The number of hydrogen-bond donors (Lipinski definition) is 0. The highest BCUT2D eigenvalue weighted by Gasteiger charge is 2.20. The van der Waals surface area contributed by atoms with Gasteiger partial charge in [0.25, 0.3) is 0 Å². The lowest BCUT2D eigenvalue weighted by Gasteiger charge is -2.28. The lowest BCUT2D eigenvalue weighted by atomic mass is 9.96. The molecule has 286 valence electrons. The van der Waals surface area contributed by atoms with E-state index in [1.165, 1.54) is 32.6 Å². The average molecular weight is 780 g/mol. The molecule has 0 bridgehead atoms. The molecule has 4 nitrogen and oxygen atoms in total. The monoisotopic (exact) mass is 779 g/mol. The minimum absolute atomic E-state index is 0.635. The van der Waals surface area contributed by atoms with Gasteiger partial charge in [0.15, 0.2) is 5.58 Å². The highest BCUT2D eigenvalue weighted by atomic mass is 16.3. The molecular formula is C57H37N3O. The minimum Gasteiger partial charge on any atom is -0.435 e. The molecule has 0 N–H and O–H groups in total. The number of para-hydroxylation sites is 3. The van der Waals surface area contributed by atoms with Crippen LogP contribution in [0, 0.1) is 0 Å². The van der Waals surface area contributed by atoms with E-state index in [-0.39, 0.29) is 0 Å². The van der Waals surface area contributed by atoms with Gasteiger partial charge in [-0.25, -0.2) is 4.98 Å². The second-order valence-electron chi connectivity index (χ2n) is 15.6. The maximum absolute atomic E-state index is 6.43. The van der Waals surface area contributed by atoms with Crippen LogP contribution in [0.25, 0.3) is 93.8 Å². The van der Waals surface area contributed by atoms with E-state index in [0.29, 0.717) is 5.89 Å².